The molecular formula is C27H26FN3OS. The summed E-state index contributed by atoms with van der Waals surface area (Å²) < 4.78 is 15.6. The first-order chi connectivity index (χ1) is 16.2. The van der Waals surface area contributed by atoms with Crippen molar-refractivity contribution in [3.63, 3.8) is 0 Å². The lowest BCUT2D eigenvalue weighted by Gasteiger charge is -2.26. The largest absolute Gasteiger partial charge is 0.310 e. The van der Waals surface area contributed by atoms with Gasteiger partial charge in [-0.1, -0.05) is 42.5 Å². The van der Waals surface area contributed by atoms with Crippen LogP contribution in [-0.2, 0) is 38.6 Å². The number of benzene rings is 2. The van der Waals surface area contributed by atoms with Crippen LogP contribution in [0.3, 0.4) is 0 Å². The Hall–Kier alpha value is -2.83. The van der Waals surface area contributed by atoms with E-state index in [0.717, 1.165) is 42.3 Å². The Labute approximate surface area is 196 Å². The minimum absolute atomic E-state index is 0.00601. The number of aryl methyl sites for hydroxylation is 3. The van der Waals surface area contributed by atoms with Crippen LogP contribution in [0.4, 0.5) is 4.39 Å². The van der Waals surface area contributed by atoms with E-state index in [1.165, 1.54) is 27.6 Å². The normalized spacial score (nSPS) is 17.9. The summed E-state index contributed by atoms with van der Waals surface area (Å²) in [6.07, 6.45) is 7.19. The smallest absolute Gasteiger partial charge is 0.262 e. The highest BCUT2D eigenvalue weighted by atomic mass is 32.1. The van der Waals surface area contributed by atoms with Crippen molar-refractivity contribution in [1.29, 1.82) is 0 Å². The number of aromatic nitrogens is 2. The fourth-order valence-electron chi connectivity index (χ4n) is 5.45. The van der Waals surface area contributed by atoms with Crippen LogP contribution in [0.1, 0.15) is 33.6 Å². The van der Waals surface area contributed by atoms with E-state index in [1.807, 2.05) is 6.07 Å². The van der Waals surface area contributed by atoms with E-state index in [1.54, 1.807) is 34.4 Å². The van der Waals surface area contributed by atoms with Crippen LogP contribution in [0.5, 0.6) is 0 Å². The Morgan fingerprint density at radius 3 is 2.58 bits per heavy atom. The molecule has 0 aliphatic heterocycles. The molecule has 2 aromatic heterocycles. The molecular weight excluding hydrogens is 433 g/mol. The minimum Gasteiger partial charge on any atom is -0.310 e. The summed E-state index contributed by atoms with van der Waals surface area (Å²) >= 11 is 1.66. The number of fused-ring (bicyclic) bond motifs is 4. The lowest BCUT2D eigenvalue weighted by atomic mass is 9.92. The molecule has 0 bridgehead atoms. The molecule has 0 spiro atoms. The summed E-state index contributed by atoms with van der Waals surface area (Å²) in [7, 11) is 0. The van der Waals surface area contributed by atoms with Gasteiger partial charge in [-0.15, -0.1) is 11.3 Å². The van der Waals surface area contributed by atoms with Crippen LogP contribution in [0, 0.1) is 5.82 Å². The van der Waals surface area contributed by atoms with Crippen LogP contribution in [0.25, 0.3) is 10.2 Å². The van der Waals surface area contributed by atoms with Crippen molar-refractivity contribution in [3.05, 3.63) is 98.2 Å². The van der Waals surface area contributed by atoms with Crippen LogP contribution < -0.4 is 10.9 Å². The maximum Gasteiger partial charge on any atom is 0.262 e. The molecule has 0 amide bonds. The van der Waals surface area contributed by atoms with Gasteiger partial charge >= 0.3 is 0 Å². The van der Waals surface area contributed by atoms with Crippen LogP contribution in [0.15, 0.2) is 59.7 Å². The molecule has 0 unspecified atom stereocenters. The maximum absolute atomic E-state index is 14.0. The van der Waals surface area contributed by atoms with E-state index in [9.17, 15) is 9.18 Å². The van der Waals surface area contributed by atoms with Gasteiger partial charge < -0.3 is 5.32 Å². The Kier molecular flexibility index (Phi) is 5.35. The highest BCUT2D eigenvalue weighted by Gasteiger charge is 2.28. The van der Waals surface area contributed by atoms with Crippen molar-refractivity contribution in [2.24, 2.45) is 0 Å². The molecule has 2 aliphatic carbocycles. The molecule has 6 heteroatoms. The summed E-state index contributed by atoms with van der Waals surface area (Å²) in [4.78, 5) is 20.0. The van der Waals surface area contributed by atoms with Gasteiger partial charge in [0, 0.05) is 23.5 Å². The van der Waals surface area contributed by atoms with Crippen molar-refractivity contribution in [1.82, 2.24) is 14.9 Å². The molecule has 0 radical (unpaired) electrons. The predicted molar refractivity (Wildman–Crippen MR) is 131 cm³/mol. The first-order valence-electron chi connectivity index (χ1n) is 11.7. The summed E-state index contributed by atoms with van der Waals surface area (Å²) in [5.41, 5.74) is 4.74. The molecule has 0 fully saturated rings. The van der Waals surface area contributed by atoms with E-state index >= 15 is 0 Å². The number of halogens is 1. The fourth-order valence-corrected chi connectivity index (χ4v) is 6.71. The Balaban J connectivity index is 1.19. The Morgan fingerprint density at radius 1 is 1.03 bits per heavy atom. The lowest BCUT2D eigenvalue weighted by molar-refractivity contribution is 0.402. The lowest BCUT2D eigenvalue weighted by Crippen LogP contribution is -2.41. The second-order valence-corrected chi connectivity index (χ2v) is 10.3. The minimum atomic E-state index is -0.226. The zero-order chi connectivity index (χ0) is 22.4. The van der Waals surface area contributed by atoms with Gasteiger partial charge in [0.25, 0.3) is 5.56 Å². The van der Waals surface area contributed by atoms with Gasteiger partial charge in [0.15, 0.2) is 0 Å². The van der Waals surface area contributed by atoms with Crippen LogP contribution >= 0.6 is 11.3 Å². The highest BCUT2D eigenvalue weighted by Crippen LogP contribution is 2.34. The average Bonchev–Trinajstić information content (AvgIpc) is 3.40. The van der Waals surface area contributed by atoms with E-state index < -0.39 is 0 Å². The molecule has 2 aliphatic rings. The van der Waals surface area contributed by atoms with Crippen LogP contribution in [0.2, 0.25) is 0 Å². The SMILES string of the molecule is O=c1c2c3c(sc2ncn1CCc1ccccc1F)C[C@H](NC1Cc2ccccc2C1)CC3. The van der Waals surface area contributed by atoms with E-state index in [4.69, 9.17) is 0 Å². The number of rotatable bonds is 5. The van der Waals surface area contributed by atoms with Crippen molar-refractivity contribution in [2.45, 2.75) is 57.2 Å². The number of hydrogen-bond donors (Lipinski definition) is 1. The van der Waals surface area contributed by atoms with E-state index in [0.29, 0.717) is 30.6 Å². The Bertz CT molecular complexity index is 1370. The quantitative estimate of drug-likeness (QED) is 0.480. The predicted octanol–water partition coefficient (Wildman–Crippen LogP) is 4.45. The number of nitrogens with one attached hydrogen (secondary N) is 1. The van der Waals surface area contributed by atoms with Crippen molar-refractivity contribution < 1.29 is 4.39 Å². The summed E-state index contributed by atoms with van der Waals surface area (Å²) in [6, 6.07) is 16.4. The maximum atomic E-state index is 14.0. The van der Waals surface area contributed by atoms with Gasteiger partial charge in [-0.2, -0.15) is 0 Å². The summed E-state index contributed by atoms with van der Waals surface area (Å²) in [5, 5.41) is 4.66. The van der Waals surface area contributed by atoms with Gasteiger partial charge in [0.1, 0.15) is 10.6 Å². The van der Waals surface area contributed by atoms with Crippen molar-refractivity contribution >= 4 is 21.6 Å². The molecule has 1 N–H and O–H groups in total. The van der Waals surface area contributed by atoms with E-state index in [-0.39, 0.29) is 11.4 Å². The summed E-state index contributed by atoms with van der Waals surface area (Å²) in [6.45, 7) is 0.430. The van der Waals surface area contributed by atoms with Gasteiger partial charge in [-0.3, -0.25) is 9.36 Å². The molecule has 4 aromatic rings. The molecule has 4 nitrogen and oxygen atoms in total. The molecule has 2 heterocycles. The number of nitrogens with zero attached hydrogens (tertiary/aromatic N) is 2. The number of hydrogen-bond acceptors (Lipinski definition) is 4. The first-order valence-corrected chi connectivity index (χ1v) is 12.5. The first kappa shape index (κ1) is 20.8. The second kappa shape index (κ2) is 8.50. The standard InChI is InChI=1S/C27H26FN3OS/c28-23-8-4-3-5-17(23)11-12-31-16-29-26-25(27(31)32)22-10-9-20(15-24(22)33-26)30-21-13-18-6-1-2-7-19(18)14-21/h1-8,16,20-21,30H,9-15H2/t20-/m1/s1. The van der Waals surface area contributed by atoms with Gasteiger partial charge in [-0.05, 0) is 66.8 Å². The highest BCUT2D eigenvalue weighted by molar-refractivity contribution is 7.18. The third-order valence-corrected chi connectivity index (χ3v) is 8.30. The molecule has 2 aromatic carbocycles. The topological polar surface area (TPSA) is 46.9 Å². The monoisotopic (exact) mass is 459 g/mol. The number of thiophene rings is 1. The van der Waals surface area contributed by atoms with Crippen molar-refractivity contribution in [2.75, 3.05) is 0 Å². The molecule has 0 saturated heterocycles. The zero-order valence-electron chi connectivity index (χ0n) is 18.4. The molecule has 1 atom stereocenters. The zero-order valence-corrected chi connectivity index (χ0v) is 19.2. The van der Waals surface area contributed by atoms with E-state index in [2.05, 4.69) is 34.6 Å². The third kappa shape index (κ3) is 3.91. The molecule has 6 rings (SSSR count). The van der Waals surface area contributed by atoms with Gasteiger partial charge in [0.2, 0.25) is 0 Å². The molecule has 168 valence electrons. The molecule has 33 heavy (non-hydrogen) atoms. The van der Waals surface area contributed by atoms with Crippen LogP contribution in [-0.4, -0.2) is 21.6 Å². The van der Waals surface area contributed by atoms with Gasteiger partial charge in [-0.25, -0.2) is 9.37 Å². The van der Waals surface area contributed by atoms with Crippen molar-refractivity contribution in [3.8, 4) is 0 Å². The van der Waals surface area contributed by atoms with Gasteiger partial charge in [0.05, 0.1) is 11.7 Å². The third-order valence-electron chi connectivity index (χ3n) is 7.14. The second-order valence-electron chi connectivity index (χ2n) is 9.25. The Morgan fingerprint density at radius 2 is 1.79 bits per heavy atom. The fraction of sp³-hybridized carbons (Fsp3) is 0.333. The average molecular weight is 460 g/mol. The summed E-state index contributed by atoms with van der Waals surface area (Å²) in [5.74, 6) is -0.226. The molecule has 0 saturated carbocycles.